The summed E-state index contributed by atoms with van der Waals surface area (Å²) in [5.74, 6) is 0.304. The van der Waals surface area contributed by atoms with Gasteiger partial charge in [-0.25, -0.2) is 9.97 Å². The molecule has 1 aromatic carbocycles. The maximum Gasteiger partial charge on any atom is 0.270 e. The molecule has 3 aromatic rings. The van der Waals surface area contributed by atoms with E-state index in [1.54, 1.807) is 48.6 Å². The lowest BCUT2D eigenvalue weighted by Gasteiger charge is -2.34. The largest absolute Gasteiger partial charge is 0.381 e. The predicted octanol–water partition coefficient (Wildman–Crippen LogP) is 2.20. The number of carbonyl (C=O) groups is 1. The van der Waals surface area contributed by atoms with Crippen LogP contribution in [-0.2, 0) is 4.74 Å². The minimum Gasteiger partial charge on any atom is -0.381 e. The number of benzene rings is 1. The molecule has 1 aliphatic rings. The maximum atomic E-state index is 12.9. The van der Waals surface area contributed by atoms with Gasteiger partial charge in [0, 0.05) is 36.3 Å². The highest BCUT2D eigenvalue weighted by Crippen LogP contribution is 2.26. The summed E-state index contributed by atoms with van der Waals surface area (Å²) in [5.41, 5.74) is 0.813. The van der Waals surface area contributed by atoms with Gasteiger partial charge in [0.05, 0.1) is 17.7 Å². The van der Waals surface area contributed by atoms with Crippen LogP contribution in [0.1, 0.15) is 28.9 Å². The maximum absolute atomic E-state index is 12.9. The topological polar surface area (TPSA) is 92.8 Å². The molecule has 2 aromatic heterocycles. The summed E-state index contributed by atoms with van der Waals surface area (Å²) < 4.78 is 6.98. The first-order chi connectivity index (χ1) is 12.7. The average molecular weight is 347 g/mol. The summed E-state index contributed by atoms with van der Waals surface area (Å²) in [6.07, 6.45) is 6.80. The smallest absolute Gasteiger partial charge is 0.270 e. The zero-order valence-electron chi connectivity index (χ0n) is 14.2. The Morgan fingerprint density at radius 3 is 2.92 bits per heavy atom. The quantitative estimate of drug-likeness (QED) is 0.781. The van der Waals surface area contributed by atoms with Crippen molar-refractivity contribution in [2.45, 2.75) is 25.0 Å². The van der Waals surface area contributed by atoms with Gasteiger partial charge in [-0.1, -0.05) is 12.1 Å². The van der Waals surface area contributed by atoms with E-state index in [4.69, 9.17) is 4.74 Å². The average Bonchev–Trinajstić information content (AvgIpc) is 3.17. The van der Waals surface area contributed by atoms with Gasteiger partial charge < -0.3 is 10.1 Å². The molecule has 1 amide bonds. The number of methoxy groups -OCH3 is 1. The predicted molar refractivity (Wildman–Crippen MR) is 94.9 cm³/mol. The number of nitrogens with zero attached hydrogens (tertiary/aromatic N) is 4. The summed E-state index contributed by atoms with van der Waals surface area (Å²) >= 11 is 0. The summed E-state index contributed by atoms with van der Waals surface area (Å²) in [6, 6.07) is 9.38. The molecule has 4 rings (SSSR count). The van der Waals surface area contributed by atoms with Crippen LogP contribution in [0.3, 0.4) is 0 Å². The molecule has 1 N–H and O–H groups in total. The van der Waals surface area contributed by atoms with E-state index >= 15 is 0 Å². The van der Waals surface area contributed by atoms with Gasteiger partial charge in [0.25, 0.3) is 5.91 Å². The molecular formula is C19H17N5O2. The number of rotatable bonds is 4. The molecule has 0 radical (unpaired) electrons. The van der Waals surface area contributed by atoms with Crippen molar-refractivity contribution < 1.29 is 9.53 Å². The number of hydrogen-bond acceptors (Lipinski definition) is 5. The lowest BCUT2D eigenvalue weighted by molar-refractivity contribution is 0.0175. The first-order valence-electron chi connectivity index (χ1n) is 8.35. The second-order valence-electron chi connectivity index (χ2n) is 6.31. The molecule has 1 aliphatic carbocycles. The summed E-state index contributed by atoms with van der Waals surface area (Å²) in [7, 11) is 1.68. The molecule has 7 heteroatoms. The minimum atomic E-state index is -0.244. The van der Waals surface area contributed by atoms with E-state index in [2.05, 4.69) is 21.4 Å². The van der Waals surface area contributed by atoms with E-state index in [0.29, 0.717) is 27.8 Å². The van der Waals surface area contributed by atoms with Crippen LogP contribution in [0.4, 0.5) is 0 Å². The SMILES string of the molecule is CO[C@H]1C[C@H](NC(=O)c2nc(-n3ccnc3)cc3c(C#N)cccc23)C1. The molecule has 0 aliphatic heterocycles. The van der Waals surface area contributed by atoms with Gasteiger partial charge >= 0.3 is 0 Å². The van der Waals surface area contributed by atoms with Gasteiger partial charge in [-0.05, 0) is 25.0 Å². The number of pyridine rings is 1. The van der Waals surface area contributed by atoms with Crippen molar-refractivity contribution in [1.29, 1.82) is 5.26 Å². The Morgan fingerprint density at radius 1 is 1.38 bits per heavy atom. The molecule has 0 atom stereocenters. The van der Waals surface area contributed by atoms with Gasteiger partial charge in [-0.15, -0.1) is 0 Å². The Kier molecular flexibility index (Phi) is 4.11. The first kappa shape index (κ1) is 16.2. The van der Waals surface area contributed by atoms with E-state index in [9.17, 15) is 10.1 Å². The van der Waals surface area contributed by atoms with Crippen LogP contribution in [-0.4, -0.2) is 39.7 Å². The van der Waals surface area contributed by atoms with Gasteiger partial charge in [0.1, 0.15) is 17.8 Å². The lowest BCUT2D eigenvalue weighted by Crippen LogP contribution is -2.47. The number of nitrogens with one attached hydrogen (secondary N) is 1. The fraction of sp³-hybridized carbons (Fsp3) is 0.263. The number of ether oxygens (including phenoxy) is 1. The molecule has 0 spiro atoms. The highest BCUT2D eigenvalue weighted by molar-refractivity contribution is 6.07. The fourth-order valence-electron chi connectivity index (χ4n) is 3.19. The van der Waals surface area contributed by atoms with Crippen LogP contribution in [0.5, 0.6) is 0 Å². The second kappa shape index (κ2) is 6.58. The van der Waals surface area contributed by atoms with E-state index in [0.717, 1.165) is 12.8 Å². The minimum absolute atomic E-state index is 0.0837. The number of carbonyl (C=O) groups excluding carboxylic acids is 1. The standard InChI is InChI=1S/C19H17N5O2/c1-26-14-7-13(8-14)22-19(25)18-15-4-2-3-12(10-20)16(15)9-17(23-18)24-6-5-21-11-24/h2-6,9,11,13-14H,7-8H2,1H3,(H,22,25)/t13-,14-. The molecular weight excluding hydrogens is 330 g/mol. The molecule has 0 bridgehead atoms. The zero-order chi connectivity index (χ0) is 18.1. The Bertz CT molecular complexity index is 1000. The van der Waals surface area contributed by atoms with Crippen LogP contribution in [0, 0.1) is 11.3 Å². The summed E-state index contributed by atoms with van der Waals surface area (Å²) in [6.45, 7) is 0. The zero-order valence-corrected chi connectivity index (χ0v) is 14.2. The van der Waals surface area contributed by atoms with Crippen LogP contribution >= 0.6 is 0 Å². The molecule has 130 valence electrons. The Balaban J connectivity index is 1.77. The third-order valence-electron chi connectivity index (χ3n) is 4.73. The third-order valence-corrected chi connectivity index (χ3v) is 4.73. The molecule has 26 heavy (non-hydrogen) atoms. The summed E-state index contributed by atoms with van der Waals surface area (Å²) in [4.78, 5) is 21.4. The van der Waals surface area contributed by atoms with Gasteiger partial charge in [-0.2, -0.15) is 5.26 Å². The van der Waals surface area contributed by atoms with E-state index in [1.807, 2.05) is 6.07 Å². The molecule has 1 fully saturated rings. The summed E-state index contributed by atoms with van der Waals surface area (Å²) in [5, 5.41) is 13.8. The van der Waals surface area contributed by atoms with Crippen molar-refractivity contribution in [2.24, 2.45) is 0 Å². The molecule has 1 saturated carbocycles. The van der Waals surface area contributed by atoms with Gasteiger partial charge in [0.2, 0.25) is 0 Å². The van der Waals surface area contributed by atoms with E-state index in [-0.39, 0.29) is 18.1 Å². The van der Waals surface area contributed by atoms with E-state index in [1.165, 1.54) is 0 Å². The Labute approximate surface area is 150 Å². The van der Waals surface area contributed by atoms with Crippen LogP contribution in [0.2, 0.25) is 0 Å². The highest BCUT2D eigenvalue weighted by Gasteiger charge is 2.31. The second-order valence-corrected chi connectivity index (χ2v) is 6.31. The molecule has 0 unspecified atom stereocenters. The molecule has 7 nitrogen and oxygen atoms in total. The van der Waals surface area contributed by atoms with Crippen LogP contribution < -0.4 is 5.32 Å². The number of imidazole rings is 1. The monoisotopic (exact) mass is 347 g/mol. The van der Waals surface area contributed by atoms with Crippen molar-refractivity contribution in [3.8, 4) is 11.9 Å². The number of nitriles is 1. The number of aromatic nitrogens is 3. The fourth-order valence-corrected chi connectivity index (χ4v) is 3.19. The third kappa shape index (κ3) is 2.80. The first-order valence-corrected chi connectivity index (χ1v) is 8.35. The lowest BCUT2D eigenvalue weighted by atomic mass is 9.89. The van der Waals surface area contributed by atoms with Gasteiger partial charge in [0.15, 0.2) is 0 Å². The normalized spacial score (nSPS) is 18.9. The highest BCUT2D eigenvalue weighted by atomic mass is 16.5. The molecule has 0 saturated heterocycles. The number of fused-ring (bicyclic) bond motifs is 1. The molecule has 2 heterocycles. The Hall–Kier alpha value is -3.24. The van der Waals surface area contributed by atoms with Crippen LogP contribution in [0.25, 0.3) is 16.6 Å². The van der Waals surface area contributed by atoms with Gasteiger partial charge in [-0.3, -0.25) is 9.36 Å². The number of hydrogen-bond donors (Lipinski definition) is 1. The Morgan fingerprint density at radius 2 is 2.23 bits per heavy atom. The number of amides is 1. The van der Waals surface area contributed by atoms with Crippen molar-refractivity contribution in [2.75, 3.05) is 7.11 Å². The van der Waals surface area contributed by atoms with Crippen molar-refractivity contribution >= 4 is 16.7 Å². The van der Waals surface area contributed by atoms with E-state index < -0.39 is 0 Å². The van der Waals surface area contributed by atoms with Crippen LogP contribution in [0.15, 0.2) is 43.0 Å². The van der Waals surface area contributed by atoms with Crippen molar-refractivity contribution in [1.82, 2.24) is 19.9 Å². The van der Waals surface area contributed by atoms with Crippen molar-refractivity contribution in [3.05, 3.63) is 54.2 Å². The van der Waals surface area contributed by atoms with Crippen molar-refractivity contribution in [3.63, 3.8) is 0 Å².